The first-order chi connectivity index (χ1) is 7.78. The highest BCUT2D eigenvalue weighted by atomic mass is 16.2. The Kier molecular flexibility index (Phi) is 3.44. The molecule has 2 rings (SSSR count). The predicted molar refractivity (Wildman–Crippen MR) is 65.5 cm³/mol. The van der Waals surface area contributed by atoms with E-state index in [0.717, 1.165) is 24.9 Å². The maximum Gasteiger partial charge on any atom is 0.239 e. The fraction of sp³-hybridized carbons (Fsp3) is 0.462. The van der Waals surface area contributed by atoms with E-state index in [1.165, 1.54) is 5.56 Å². The number of carbonyl (C=O) groups excluding carboxylic acids is 1. The second kappa shape index (κ2) is 5.01. The molecule has 0 bridgehead atoms. The Balaban J connectivity index is 1.76. The van der Waals surface area contributed by atoms with E-state index in [9.17, 15) is 4.79 Å². The van der Waals surface area contributed by atoms with E-state index in [0.29, 0.717) is 12.6 Å². The molecule has 0 heterocycles. The van der Waals surface area contributed by atoms with E-state index in [2.05, 4.69) is 29.7 Å². The van der Waals surface area contributed by atoms with Gasteiger partial charge in [-0.2, -0.15) is 0 Å². The number of nitrogens with one attached hydrogen (secondary N) is 2. The Morgan fingerprint density at radius 1 is 1.31 bits per heavy atom. The largest absolute Gasteiger partial charge is 0.376 e. The molecule has 1 aliphatic carbocycles. The molecule has 1 aromatic carbocycles. The van der Waals surface area contributed by atoms with Crippen LogP contribution < -0.4 is 10.6 Å². The molecule has 2 N–H and O–H groups in total. The lowest BCUT2D eigenvalue weighted by Gasteiger charge is -2.07. The minimum Gasteiger partial charge on any atom is -0.376 e. The van der Waals surface area contributed by atoms with Crippen molar-refractivity contribution in [1.82, 2.24) is 5.32 Å². The van der Waals surface area contributed by atoms with Crippen LogP contribution in [0.5, 0.6) is 0 Å². The van der Waals surface area contributed by atoms with Crippen LogP contribution in [0.3, 0.4) is 0 Å². The van der Waals surface area contributed by atoms with Gasteiger partial charge in [0.05, 0.1) is 6.54 Å². The summed E-state index contributed by atoms with van der Waals surface area (Å²) < 4.78 is 0. The van der Waals surface area contributed by atoms with Crippen LogP contribution in [0.1, 0.15) is 25.3 Å². The van der Waals surface area contributed by atoms with Crippen molar-refractivity contribution in [1.29, 1.82) is 0 Å². The molecule has 1 aromatic rings. The van der Waals surface area contributed by atoms with Gasteiger partial charge in [-0.3, -0.25) is 4.79 Å². The van der Waals surface area contributed by atoms with E-state index >= 15 is 0 Å². The van der Waals surface area contributed by atoms with Crippen LogP contribution in [-0.2, 0) is 11.2 Å². The molecule has 0 aliphatic heterocycles. The maximum absolute atomic E-state index is 11.4. The van der Waals surface area contributed by atoms with Gasteiger partial charge in [-0.1, -0.05) is 19.1 Å². The zero-order valence-electron chi connectivity index (χ0n) is 9.62. The lowest BCUT2D eigenvalue weighted by Crippen LogP contribution is -2.31. The van der Waals surface area contributed by atoms with Gasteiger partial charge in [0.25, 0.3) is 0 Å². The van der Waals surface area contributed by atoms with Crippen LogP contribution in [0.25, 0.3) is 0 Å². The summed E-state index contributed by atoms with van der Waals surface area (Å²) >= 11 is 0. The fourth-order valence-corrected chi connectivity index (χ4v) is 1.55. The minimum absolute atomic E-state index is 0.0852. The highest BCUT2D eigenvalue weighted by molar-refractivity contribution is 5.81. The zero-order chi connectivity index (χ0) is 11.4. The summed E-state index contributed by atoms with van der Waals surface area (Å²) in [6.45, 7) is 2.49. The molecule has 0 saturated heterocycles. The topological polar surface area (TPSA) is 41.1 Å². The first-order valence-electron chi connectivity index (χ1n) is 5.90. The van der Waals surface area contributed by atoms with Crippen molar-refractivity contribution in [2.24, 2.45) is 0 Å². The summed E-state index contributed by atoms with van der Waals surface area (Å²) in [5, 5.41) is 6.06. The molecular weight excluding hydrogens is 200 g/mol. The minimum atomic E-state index is 0.0852. The van der Waals surface area contributed by atoms with Gasteiger partial charge in [0.1, 0.15) is 0 Å². The number of benzene rings is 1. The van der Waals surface area contributed by atoms with Crippen LogP contribution in [0, 0.1) is 0 Å². The molecule has 1 saturated carbocycles. The lowest BCUT2D eigenvalue weighted by molar-refractivity contribution is -0.119. The van der Waals surface area contributed by atoms with Crippen molar-refractivity contribution in [3.63, 3.8) is 0 Å². The molecule has 1 fully saturated rings. The first-order valence-corrected chi connectivity index (χ1v) is 5.90. The predicted octanol–water partition coefficient (Wildman–Crippen LogP) is 1.94. The van der Waals surface area contributed by atoms with Gasteiger partial charge < -0.3 is 10.6 Å². The van der Waals surface area contributed by atoms with Crippen LogP contribution >= 0.6 is 0 Å². The molecule has 3 nitrogen and oxygen atoms in total. The van der Waals surface area contributed by atoms with Gasteiger partial charge in [0, 0.05) is 11.7 Å². The molecular formula is C13H18N2O. The number of carbonyl (C=O) groups is 1. The van der Waals surface area contributed by atoms with Gasteiger partial charge in [-0.05, 0) is 37.0 Å². The smallest absolute Gasteiger partial charge is 0.239 e. The van der Waals surface area contributed by atoms with E-state index in [1.54, 1.807) is 0 Å². The number of rotatable bonds is 5. The number of amides is 1. The Labute approximate surface area is 96.2 Å². The fourth-order valence-electron chi connectivity index (χ4n) is 1.55. The quantitative estimate of drug-likeness (QED) is 0.793. The molecule has 0 aromatic heterocycles. The number of hydrogen-bond acceptors (Lipinski definition) is 2. The lowest BCUT2D eigenvalue weighted by atomic mass is 10.1. The van der Waals surface area contributed by atoms with Crippen LogP contribution in [0.4, 0.5) is 5.69 Å². The Morgan fingerprint density at radius 3 is 2.56 bits per heavy atom. The second-order valence-electron chi connectivity index (χ2n) is 4.25. The highest BCUT2D eigenvalue weighted by Gasteiger charge is 2.22. The summed E-state index contributed by atoms with van der Waals surface area (Å²) in [6, 6.07) is 8.64. The number of hydrogen-bond donors (Lipinski definition) is 2. The van der Waals surface area contributed by atoms with Crippen LogP contribution in [0.2, 0.25) is 0 Å². The Morgan fingerprint density at radius 2 is 2.00 bits per heavy atom. The normalized spacial score (nSPS) is 14.6. The molecule has 1 amide bonds. The SMILES string of the molecule is CCc1ccc(NCC(=O)NC2CC2)cc1. The highest BCUT2D eigenvalue weighted by Crippen LogP contribution is 2.18. The average molecular weight is 218 g/mol. The number of anilines is 1. The van der Waals surface area contributed by atoms with Crippen LogP contribution in [-0.4, -0.2) is 18.5 Å². The van der Waals surface area contributed by atoms with Gasteiger partial charge >= 0.3 is 0 Å². The van der Waals surface area contributed by atoms with Crippen molar-refractivity contribution in [2.75, 3.05) is 11.9 Å². The van der Waals surface area contributed by atoms with Crippen molar-refractivity contribution >= 4 is 11.6 Å². The third kappa shape index (κ3) is 3.26. The van der Waals surface area contributed by atoms with Gasteiger partial charge in [0.2, 0.25) is 5.91 Å². The summed E-state index contributed by atoms with van der Waals surface area (Å²) in [5.74, 6) is 0.0852. The first kappa shape index (κ1) is 11.0. The maximum atomic E-state index is 11.4. The Hall–Kier alpha value is -1.51. The summed E-state index contributed by atoms with van der Waals surface area (Å²) in [5.41, 5.74) is 2.32. The monoisotopic (exact) mass is 218 g/mol. The molecule has 0 atom stereocenters. The third-order valence-electron chi connectivity index (χ3n) is 2.76. The van der Waals surface area contributed by atoms with E-state index < -0.39 is 0 Å². The van der Waals surface area contributed by atoms with E-state index in [1.807, 2.05) is 12.1 Å². The number of aryl methyl sites for hydroxylation is 1. The Bertz CT molecular complexity index is 355. The average Bonchev–Trinajstić information content (AvgIpc) is 3.11. The summed E-state index contributed by atoms with van der Waals surface area (Å²) in [7, 11) is 0. The van der Waals surface area contributed by atoms with E-state index in [-0.39, 0.29) is 5.91 Å². The van der Waals surface area contributed by atoms with Crippen LogP contribution in [0.15, 0.2) is 24.3 Å². The zero-order valence-corrected chi connectivity index (χ0v) is 9.62. The standard InChI is InChI=1S/C13H18N2O/c1-2-10-3-5-11(6-4-10)14-9-13(16)15-12-7-8-12/h3-6,12,14H,2,7-9H2,1H3,(H,15,16). The van der Waals surface area contributed by atoms with Crippen molar-refractivity contribution in [3.8, 4) is 0 Å². The molecule has 16 heavy (non-hydrogen) atoms. The molecule has 1 aliphatic rings. The van der Waals surface area contributed by atoms with Crippen molar-refractivity contribution in [3.05, 3.63) is 29.8 Å². The van der Waals surface area contributed by atoms with Crippen molar-refractivity contribution < 1.29 is 4.79 Å². The van der Waals surface area contributed by atoms with E-state index in [4.69, 9.17) is 0 Å². The molecule has 0 unspecified atom stereocenters. The molecule has 3 heteroatoms. The third-order valence-corrected chi connectivity index (χ3v) is 2.76. The summed E-state index contributed by atoms with van der Waals surface area (Å²) in [4.78, 5) is 11.4. The molecule has 0 spiro atoms. The second-order valence-corrected chi connectivity index (χ2v) is 4.25. The van der Waals surface area contributed by atoms with Gasteiger partial charge in [-0.25, -0.2) is 0 Å². The van der Waals surface area contributed by atoms with Gasteiger partial charge in [-0.15, -0.1) is 0 Å². The molecule has 86 valence electrons. The van der Waals surface area contributed by atoms with Gasteiger partial charge in [0.15, 0.2) is 0 Å². The molecule has 0 radical (unpaired) electrons. The summed E-state index contributed by atoms with van der Waals surface area (Å²) in [6.07, 6.45) is 3.32. The van der Waals surface area contributed by atoms with Crippen molar-refractivity contribution in [2.45, 2.75) is 32.2 Å².